The maximum absolute atomic E-state index is 13.5. The minimum absolute atomic E-state index is 0.0183. The molecule has 0 spiro atoms. The molecule has 0 aliphatic carbocycles. The molecular formula is C25H25ClN4O6. The Kier molecular flexibility index (Phi) is 7.74. The molecule has 1 fully saturated rings. The molecule has 11 heteroatoms. The van der Waals surface area contributed by atoms with Crippen LogP contribution in [0.5, 0.6) is 11.6 Å². The fourth-order valence-electron chi connectivity index (χ4n) is 3.79. The van der Waals surface area contributed by atoms with E-state index in [0.717, 1.165) is 10.5 Å². The number of anilines is 1. The summed E-state index contributed by atoms with van der Waals surface area (Å²) < 4.78 is 15.1. The van der Waals surface area contributed by atoms with Crippen molar-refractivity contribution in [1.82, 2.24) is 15.0 Å². The first-order chi connectivity index (χ1) is 17.3. The van der Waals surface area contributed by atoms with Gasteiger partial charge in [0, 0.05) is 29.9 Å². The SMILES string of the molecule is COC(=O)[C@@H](C)CN1C(=O)CC(Nc2ccc(Oc3ccon3)cc2)N(Cc2ccc(Cl)cc2)C1=O. The van der Waals surface area contributed by atoms with Crippen LogP contribution in [0.2, 0.25) is 5.02 Å². The Morgan fingerprint density at radius 2 is 1.89 bits per heavy atom. The molecule has 1 aliphatic heterocycles. The molecule has 0 saturated carbocycles. The number of urea groups is 1. The van der Waals surface area contributed by atoms with E-state index in [1.54, 1.807) is 54.3 Å². The summed E-state index contributed by atoms with van der Waals surface area (Å²) in [5.41, 5.74) is 1.52. The molecule has 1 aromatic heterocycles. The first-order valence-corrected chi connectivity index (χ1v) is 11.6. The molecule has 4 rings (SSSR count). The Morgan fingerprint density at radius 1 is 1.17 bits per heavy atom. The van der Waals surface area contributed by atoms with Crippen molar-refractivity contribution in [1.29, 1.82) is 0 Å². The number of imide groups is 1. The minimum atomic E-state index is -0.651. The lowest BCUT2D eigenvalue weighted by Crippen LogP contribution is -2.59. The Bertz CT molecular complexity index is 1200. The number of carbonyl (C=O) groups is 3. The van der Waals surface area contributed by atoms with Crippen molar-refractivity contribution in [2.45, 2.75) is 26.1 Å². The fourth-order valence-corrected chi connectivity index (χ4v) is 3.92. The highest BCUT2D eigenvalue weighted by Crippen LogP contribution is 2.26. The van der Waals surface area contributed by atoms with Gasteiger partial charge in [0.2, 0.25) is 5.91 Å². The van der Waals surface area contributed by atoms with Crippen LogP contribution < -0.4 is 10.1 Å². The molecule has 1 aliphatic rings. The Hall–Kier alpha value is -4.05. The summed E-state index contributed by atoms with van der Waals surface area (Å²) in [6, 6.07) is 15.2. The summed E-state index contributed by atoms with van der Waals surface area (Å²) in [5.74, 6) is -0.650. The molecule has 2 atom stereocenters. The number of methoxy groups -OCH3 is 1. The second-order valence-corrected chi connectivity index (χ2v) is 8.73. The number of nitrogens with one attached hydrogen (secondary N) is 1. The van der Waals surface area contributed by atoms with Gasteiger partial charge in [-0.3, -0.25) is 19.4 Å². The number of hydrogen-bond acceptors (Lipinski definition) is 8. The Morgan fingerprint density at radius 3 is 2.53 bits per heavy atom. The number of benzene rings is 2. The second kappa shape index (κ2) is 11.1. The van der Waals surface area contributed by atoms with E-state index in [-0.39, 0.29) is 25.4 Å². The average molecular weight is 513 g/mol. The summed E-state index contributed by atoms with van der Waals surface area (Å²) >= 11 is 6.01. The quantitative estimate of drug-likeness (QED) is 0.416. The molecule has 3 aromatic rings. The monoisotopic (exact) mass is 512 g/mol. The zero-order chi connectivity index (χ0) is 25.7. The molecule has 2 heterocycles. The lowest BCUT2D eigenvalue weighted by atomic mass is 10.1. The smallest absolute Gasteiger partial charge is 0.328 e. The molecule has 1 N–H and O–H groups in total. The predicted molar refractivity (Wildman–Crippen MR) is 130 cm³/mol. The summed E-state index contributed by atoms with van der Waals surface area (Å²) in [5, 5.41) is 7.55. The molecule has 0 bridgehead atoms. The van der Waals surface area contributed by atoms with Crippen molar-refractivity contribution in [3.8, 4) is 11.6 Å². The summed E-state index contributed by atoms with van der Waals surface area (Å²) in [7, 11) is 1.27. The first-order valence-electron chi connectivity index (χ1n) is 11.2. The molecule has 10 nitrogen and oxygen atoms in total. The summed E-state index contributed by atoms with van der Waals surface area (Å²) in [6.45, 7) is 1.78. The normalized spacial score (nSPS) is 16.6. The third-order valence-electron chi connectivity index (χ3n) is 5.67. The topological polar surface area (TPSA) is 114 Å². The predicted octanol–water partition coefficient (Wildman–Crippen LogP) is 4.52. The zero-order valence-corrected chi connectivity index (χ0v) is 20.5. The lowest BCUT2D eigenvalue weighted by Gasteiger charge is -2.41. The fraction of sp³-hybridized carbons (Fsp3) is 0.280. The zero-order valence-electron chi connectivity index (χ0n) is 19.7. The largest absolute Gasteiger partial charge is 0.469 e. The number of ether oxygens (including phenoxy) is 2. The highest BCUT2D eigenvalue weighted by Gasteiger charge is 2.40. The second-order valence-electron chi connectivity index (χ2n) is 8.29. The van der Waals surface area contributed by atoms with Crippen molar-refractivity contribution >= 4 is 35.2 Å². The van der Waals surface area contributed by atoms with Crippen LogP contribution in [-0.4, -0.2) is 52.7 Å². The van der Waals surface area contributed by atoms with E-state index in [1.807, 2.05) is 12.1 Å². The number of hydrogen-bond donors (Lipinski definition) is 1. The standard InChI is InChI=1S/C25H25ClN4O6/c1-16(24(32)34-2)14-30-23(31)13-21(29(25(30)33)15-17-3-5-18(26)6-4-17)27-19-7-9-20(10-8-19)36-22-11-12-35-28-22/h3-12,16,21,27H,13-15H2,1-2H3/t16-,21?/m0/s1. The van der Waals surface area contributed by atoms with Crippen LogP contribution in [0.25, 0.3) is 0 Å². The summed E-state index contributed by atoms with van der Waals surface area (Å²) in [6.07, 6.45) is 0.810. The van der Waals surface area contributed by atoms with E-state index < -0.39 is 24.1 Å². The van der Waals surface area contributed by atoms with Gasteiger partial charge in [-0.25, -0.2) is 4.79 Å². The van der Waals surface area contributed by atoms with Crippen LogP contribution in [0, 0.1) is 5.92 Å². The third-order valence-corrected chi connectivity index (χ3v) is 5.92. The van der Waals surface area contributed by atoms with E-state index in [2.05, 4.69) is 10.5 Å². The van der Waals surface area contributed by atoms with Gasteiger partial charge >= 0.3 is 12.0 Å². The van der Waals surface area contributed by atoms with Gasteiger partial charge in [0.25, 0.3) is 5.88 Å². The van der Waals surface area contributed by atoms with Crippen LogP contribution in [0.1, 0.15) is 18.9 Å². The maximum Gasteiger partial charge on any atom is 0.328 e. The Labute approximate surface area is 212 Å². The number of nitrogens with zero attached hydrogens (tertiary/aromatic N) is 3. The van der Waals surface area contributed by atoms with Gasteiger partial charge in [-0.1, -0.05) is 30.7 Å². The van der Waals surface area contributed by atoms with Crippen molar-refractivity contribution < 1.29 is 28.4 Å². The van der Waals surface area contributed by atoms with E-state index in [0.29, 0.717) is 22.3 Å². The van der Waals surface area contributed by atoms with Gasteiger partial charge < -0.3 is 19.3 Å². The van der Waals surface area contributed by atoms with Gasteiger partial charge in [0.15, 0.2) is 0 Å². The van der Waals surface area contributed by atoms with Crippen LogP contribution in [0.3, 0.4) is 0 Å². The molecule has 3 amide bonds. The Balaban J connectivity index is 1.53. The van der Waals surface area contributed by atoms with Crippen LogP contribution in [0.4, 0.5) is 10.5 Å². The molecular weight excluding hydrogens is 488 g/mol. The molecule has 1 saturated heterocycles. The molecule has 2 aromatic carbocycles. The molecule has 0 radical (unpaired) electrons. The number of esters is 1. The average Bonchev–Trinajstić information content (AvgIpc) is 3.39. The minimum Gasteiger partial charge on any atom is -0.469 e. The lowest BCUT2D eigenvalue weighted by molar-refractivity contribution is -0.146. The number of carbonyl (C=O) groups excluding carboxylic acids is 3. The highest BCUT2D eigenvalue weighted by atomic mass is 35.5. The third kappa shape index (κ3) is 5.95. The van der Waals surface area contributed by atoms with Gasteiger partial charge in [-0.05, 0) is 47.1 Å². The van der Waals surface area contributed by atoms with Crippen LogP contribution >= 0.6 is 11.6 Å². The van der Waals surface area contributed by atoms with Gasteiger partial charge in [0.05, 0.1) is 19.4 Å². The first kappa shape index (κ1) is 25.1. The van der Waals surface area contributed by atoms with Crippen molar-refractivity contribution in [2.24, 2.45) is 5.92 Å². The van der Waals surface area contributed by atoms with Gasteiger partial charge in [0.1, 0.15) is 18.2 Å². The summed E-state index contributed by atoms with van der Waals surface area (Å²) in [4.78, 5) is 41.0. The number of aromatic nitrogens is 1. The van der Waals surface area contributed by atoms with Crippen molar-refractivity contribution in [2.75, 3.05) is 19.0 Å². The van der Waals surface area contributed by atoms with E-state index in [9.17, 15) is 14.4 Å². The molecule has 36 heavy (non-hydrogen) atoms. The van der Waals surface area contributed by atoms with Crippen LogP contribution in [-0.2, 0) is 20.9 Å². The van der Waals surface area contributed by atoms with Crippen molar-refractivity contribution in [3.05, 3.63) is 71.4 Å². The highest BCUT2D eigenvalue weighted by molar-refractivity contribution is 6.30. The van der Waals surface area contributed by atoms with E-state index >= 15 is 0 Å². The van der Waals surface area contributed by atoms with Crippen molar-refractivity contribution in [3.63, 3.8) is 0 Å². The maximum atomic E-state index is 13.5. The molecule has 1 unspecified atom stereocenters. The number of amides is 3. The number of rotatable bonds is 9. The van der Waals surface area contributed by atoms with Gasteiger partial charge in [-0.2, -0.15) is 0 Å². The molecule has 188 valence electrons. The van der Waals surface area contributed by atoms with E-state index in [1.165, 1.54) is 13.4 Å². The van der Waals surface area contributed by atoms with Crippen LogP contribution in [0.15, 0.2) is 65.4 Å². The van der Waals surface area contributed by atoms with Gasteiger partial charge in [-0.15, -0.1) is 0 Å². The van der Waals surface area contributed by atoms with E-state index in [4.69, 9.17) is 25.6 Å². The number of halogens is 1.